The van der Waals surface area contributed by atoms with Crippen LogP contribution in [0.25, 0.3) is 0 Å². The topological polar surface area (TPSA) is 46.2 Å². The molecule has 0 aliphatic rings. The summed E-state index contributed by atoms with van der Waals surface area (Å²) in [5, 5.41) is 9.23. The van der Waals surface area contributed by atoms with E-state index in [1.165, 1.54) is 0 Å². The smallest absolute Gasteiger partial charge is 0.0782 e. The van der Waals surface area contributed by atoms with Crippen LogP contribution >= 0.6 is 15.9 Å². The summed E-state index contributed by atoms with van der Waals surface area (Å²) in [7, 11) is 0. The molecule has 2 nitrogen and oxygen atoms in total. The van der Waals surface area contributed by atoms with E-state index in [2.05, 4.69) is 15.9 Å². The Hall–Kier alpha value is -0.540. The standard InChI is InChI=1S/C8H10BrNO/c1-5(11)7-4-6(9)2-3-8(7)10/h2-5,11H,10H2,1H3. The Bertz CT molecular complexity index is 260. The summed E-state index contributed by atoms with van der Waals surface area (Å²) < 4.78 is 0.933. The largest absolute Gasteiger partial charge is 0.398 e. The highest BCUT2D eigenvalue weighted by atomic mass is 79.9. The molecule has 3 heteroatoms. The lowest BCUT2D eigenvalue weighted by Crippen LogP contribution is -1.97. The van der Waals surface area contributed by atoms with Crippen molar-refractivity contribution in [1.82, 2.24) is 0 Å². The minimum absolute atomic E-state index is 0.507. The molecule has 0 saturated carbocycles. The number of hydrogen-bond donors (Lipinski definition) is 2. The van der Waals surface area contributed by atoms with Crippen molar-refractivity contribution in [3.63, 3.8) is 0 Å². The Morgan fingerprint density at radius 3 is 2.64 bits per heavy atom. The molecule has 1 rings (SSSR count). The number of anilines is 1. The average molecular weight is 216 g/mol. The minimum Gasteiger partial charge on any atom is -0.398 e. The molecule has 0 saturated heterocycles. The Kier molecular flexibility index (Phi) is 2.52. The summed E-state index contributed by atoms with van der Waals surface area (Å²) in [5.41, 5.74) is 7.00. The van der Waals surface area contributed by atoms with Gasteiger partial charge in [0.1, 0.15) is 0 Å². The predicted molar refractivity (Wildman–Crippen MR) is 49.2 cm³/mol. The highest BCUT2D eigenvalue weighted by Gasteiger charge is 2.04. The van der Waals surface area contributed by atoms with Gasteiger partial charge in [-0.15, -0.1) is 0 Å². The van der Waals surface area contributed by atoms with Crippen molar-refractivity contribution in [2.24, 2.45) is 0 Å². The van der Waals surface area contributed by atoms with E-state index in [1.54, 1.807) is 13.0 Å². The molecule has 1 atom stereocenters. The molecule has 0 aliphatic heterocycles. The predicted octanol–water partition coefficient (Wildman–Crippen LogP) is 2.08. The number of nitrogens with two attached hydrogens (primary N) is 1. The molecule has 1 aromatic rings. The molecule has 0 spiro atoms. The first-order valence-electron chi connectivity index (χ1n) is 3.34. The Labute approximate surface area is 74.2 Å². The van der Waals surface area contributed by atoms with Crippen molar-refractivity contribution in [3.8, 4) is 0 Å². The summed E-state index contributed by atoms with van der Waals surface area (Å²) in [5.74, 6) is 0. The summed E-state index contributed by atoms with van der Waals surface area (Å²) in [6.07, 6.45) is -0.507. The van der Waals surface area contributed by atoms with Crippen LogP contribution in [-0.4, -0.2) is 5.11 Å². The second-order valence-corrected chi connectivity index (χ2v) is 3.36. The maximum Gasteiger partial charge on any atom is 0.0782 e. The number of aliphatic hydroxyl groups is 1. The molecule has 0 aliphatic carbocycles. The summed E-state index contributed by atoms with van der Waals surface area (Å²) >= 11 is 3.30. The normalized spacial score (nSPS) is 13.0. The Morgan fingerprint density at radius 1 is 1.55 bits per heavy atom. The van der Waals surface area contributed by atoms with Gasteiger partial charge in [-0.05, 0) is 25.1 Å². The van der Waals surface area contributed by atoms with Gasteiger partial charge < -0.3 is 10.8 Å². The van der Waals surface area contributed by atoms with Crippen LogP contribution in [0.3, 0.4) is 0 Å². The van der Waals surface area contributed by atoms with Crippen LogP contribution in [0.2, 0.25) is 0 Å². The monoisotopic (exact) mass is 215 g/mol. The molecular formula is C8H10BrNO. The SMILES string of the molecule is CC(O)c1cc(Br)ccc1N. The number of hydrogen-bond acceptors (Lipinski definition) is 2. The van der Waals surface area contributed by atoms with Crippen LogP contribution in [0.15, 0.2) is 22.7 Å². The Morgan fingerprint density at radius 2 is 2.18 bits per heavy atom. The number of aliphatic hydroxyl groups excluding tert-OH is 1. The Balaban J connectivity index is 3.13. The molecular weight excluding hydrogens is 206 g/mol. The van der Waals surface area contributed by atoms with Crippen molar-refractivity contribution in [1.29, 1.82) is 0 Å². The van der Waals surface area contributed by atoms with Crippen LogP contribution in [0.5, 0.6) is 0 Å². The fourth-order valence-corrected chi connectivity index (χ4v) is 1.29. The molecule has 0 radical (unpaired) electrons. The molecule has 0 heterocycles. The maximum absolute atomic E-state index is 9.23. The molecule has 0 bridgehead atoms. The first kappa shape index (κ1) is 8.56. The van der Waals surface area contributed by atoms with E-state index in [0.717, 1.165) is 10.0 Å². The van der Waals surface area contributed by atoms with Gasteiger partial charge in [-0.1, -0.05) is 15.9 Å². The van der Waals surface area contributed by atoms with E-state index < -0.39 is 6.10 Å². The molecule has 0 amide bonds. The van der Waals surface area contributed by atoms with E-state index in [1.807, 2.05) is 12.1 Å². The molecule has 11 heavy (non-hydrogen) atoms. The van der Waals surface area contributed by atoms with Crippen molar-refractivity contribution in [2.75, 3.05) is 5.73 Å². The fraction of sp³-hybridized carbons (Fsp3) is 0.250. The third-order valence-corrected chi connectivity index (χ3v) is 1.99. The molecule has 60 valence electrons. The van der Waals surface area contributed by atoms with Crippen molar-refractivity contribution in [3.05, 3.63) is 28.2 Å². The number of benzene rings is 1. The second-order valence-electron chi connectivity index (χ2n) is 2.45. The molecule has 0 fully saturated rings. The van der Waals surface area contributed by atoms with Gasteiger partial charge in [0.25, 0.3) is 0 Å². The quantitative estimate of drug-likeness (QED) is 0.706. The number of nitrogen functional groups attached to an aromatic ring is 1. The van der Waals surface area contributed by atoms with Gasteiger partial charge in [-0.3, -0.25) is 0 Å². The average Bonchev–Trinajstić information content (AvgIpc) is 1.94. The zero-order valence-corrected chi connectivity index (χ0v) is 7.80. The first-order chi connectivity index (χ1) is 5.11. The van der Waals surface area contributed by atoms with Gasteiger partial charge in [0.05, 0.1) is 6.10 Å². The van der Waals surface area contributed by atoms with Gasteiger partial charge in [0.2, 0.25) is 0 Å². The van der Waals surface area contributed by atoms with Gasteiger partial charge in [0.15, 0.2) is 0 Å². The van der Waals surface area contributed by atoms with E-state index >= 15 is 0 Å². The first-order valence-corrected chi connectivity index (χ1v) is 4.13. The van der Waals surface area contributed by atoms with Crippen LogP contribution in [0.1, 0.15) is 18.6 Å². The molecule has 3 N–H and O–H groups in total. The third kappa shape index (κ3) is 1.94. The molecule has 0 aromatic heterocycles. The summed E-state index contributed by atoms with van der Waals surface area (Å²) in [6, 6.07) is 5.44. The van der Waals surface area contributed by atoms with E-state index in [9.17, 15) is 5.11 Å². The highest BCUT2D eigenvalue weighted by Crippen LogP contribution is 2.23. The second kappa shape index (κ2) is 3.24. The van der Waals surface area contributed by atoms with Gasteiger partial charge in [-0.2, -0.15) is 0 Å². The zero-order chi connectivity index (χ0) is 8.43. The number of rotatable bonds is 1. The third-order valence-electron chi connectivity index (χ3n) is 1.50. The summed E-state index contributed by atoms with van der Waals surface area (Å²) in [6.45, 7) is 1.69. The lowest BCUT2D eigenvalue weighted by atomic mass is 10.1. The van der Waals surface area contributed by atoms with Crippen LogP contribution in [0, 0.1) is 0 Å². The maximum atomic E-state index is 9.23. The van der Waals surface area contributed by atoms with Gasteiger partial charge >= 0.3 is 0 Å². The molecule has 1 unspecified atom stereocenters. The van der Waals surface area contributed by atoms with Gasteiger partial charge in [0, 0.05) is 15.7 Å². The van der Waals surface area contributed by atoms with Crippen LogP contribution in [0.4, 0.5) is 5.69 Å². The van der Waals surface area contributed by atoms with Crippen molar-refractivity contribution >= 4 is 21.6 Å². The fourth-order valence-electron chi connectivity index (χ4n) is 0.907. The van der Waals surface area contributed by atoms with E-state index in [0.29, 0.717) is 5.69 Å². The van der Waals surface area contributed by atoms with E-state index in [-0.39, 0.29) is 0 Å². The lowest BCUT2D eigenvalue weighted by Gasteiger charge is -2.07. The van der Waals surface area contributed by atoms with Crippen molar-refractivity contribution in [2.45, 2.75) is 13.0 Å². The van der Waals surface area contributed by atoms with Crippen LogP contribution < -0.4 is 5.73 Å². The van der Waals surface area contributed by atoms with Crippen molar-refractivity contribution < 1.29 is 5.11 Å². The highest BCUT2D eigenvalue weighted by molar-refractivity contribution is 9.10. The van der Waals surface area contributed by atoms with Crippen LogP contribution in [-0.2, 0) is 0 Å². The summed E-state index contributed by atoms with van der Waals surface area (Å²) in [4.78, 5) is 0. The minimum atomic E-state index is -0.507. The zero-order valence-electron chi connectivity index (χ0n) is 6.21. The lowest BCUT2D eigenvalue weighted by molar-refractivity contribution is 0.200. The van der Waals surface area contributed by atoms with Gasteiger partial charge in [-0.25, -0.2) is 0 Å². The number of halogens is 1. The molecule has 1 aromatic carbocycles. The van der Waals surface area contributed by atoms with E-state index in [4.69, 9.17) is 5.73 Å².